The van der Waals surface area contributed by atoms with Crippen LogP contribution in [0.4, 0.5) is 0 Å². The molecule has 2 atom stereocenters. The fraction of sp³-hybridized carbons (Fsp3) is 0.588. The molecule has 0 saturated carbocycles. The molecule has 0 bridgehead atoms. The van der Waals surface area contributed by atoms with Gasteiger partial charge in [-0.05, 0) is 50.9 Å². The zero-order valence-corrected chi connectivity index (χ0v) is 13.6. The van der Waals surface area contributed by atoms with Crippen molar-refractivity contribution in [3.63, 3.8) is 0 Å². The van der Waals surface area contributed by atoms with Crippen LogP contribution in [0.2, 0.25) is 5.02 Å². The van der Waals surface area contributed by atoms with Gasteiger partial charge in [0, 0.05) is 5.02 Å². The van der Waals surface area contributed by atoms with Crippen molar-refractivity contribution in [2.75, 3.05) is 13.1 Å². The molecule has 0 radical (unpaired) electrons. The quantitative estimate of drug-likeness (QED) is 0.763. The number of carbonyl (C=O) groups excluding carboxylic acids is 1. The van der Waals surface area contributed by atoms with Gasteiger partial charge in [-0.15, -0.1) is 0 Å². The molecule has 0 aliphatic carbocycles. The number of hydrogen-bond donors (Lipinski definition) is 0. The van der Waals surface area contributed by atoms with Gasteiger partial charge in [0.25, 0.3) is 0 Å². The zero-order valence-electron chi connectivity index (χ0n) is 12.8. The highest BCUT2D eigenvalue weighted by atomic mass is 35.5. The first-order valence-electron chi connectivity index (χ1n) is 7.82. The molecule has 1 aromatic rings. The average Bonchev–Trinajstić information content (AvgIpc) is 2.50. The zero-order chi connectivity index (χ0) is 15.2. The Hall–Kier alpha value is -1.06. The minimum atomic E-state index is -0.381. The molecule has 0 spiro atoms. The Bertz CT molecular complexity index is 472. The van der Waals surface area contributed by atoms with E-state index in [1.807, 2.05) is 38.1 Å². The Morgan fingerprint density at radius 2 is 1.95 bits per heavy atom. The molecule has 0 aromatic heterocycles. The van der Waals surface area contributed by atoms with E-state index in [9.17, 15) is 4.79 Å². The fourth-order valence-electron chi connectivity index (χ4n) is 2.69. The number of hydrogen-bond acceptors (Lipinski definition) is 3. The lowest BCUT2D eigenvalue weighted by atomic mass is 10.0. The van der Waals surface area contributed by atoms with Gasteiger partial charge in [0.05, 0.1) is 6.10 Å². The van der Waals surface area contributed by atoms with Crippen LogP contribution < -0.4 is 0 Å². The Balaban J connectivity index is 2.25. The van der Waals surface area contributed by atoms with E-state index in [-0.39, 0.29) is 18.1 Å². The van der Waals surface area contributed by atoms with Crippen LogP contribution >= 0.6 is 11.6 Å². The molecular formula is C17H24ClNO2. The molecular weight excluding hydrogens is 286 g/mol. The Kier molecular flexibility index (Phi) is 6.07. The van der Waals surface area contributed by atoms with Gasteiger partial charge in [-0.2, -0.15) is 0 Å². The lowest BCUT2D eigenvalue weighted by Crippen LogP contribution is -2.39. The van der Waals surface area contributed by atoms with Crippen LogP contribution in [0.25, 0.3) is 0 Å². The number of piperidine rings is 1. The summed E-state index contributed by atoms with van der Waals surface area (Å²) in [5, 5.41) is 0.633. The van der Waals surface area contributed by atoms with Crippen LogP contribution in [0, 0.1) is 0 Å². The van der Waals surface area contributed by atoms with E-state index in [2.05, 4.69) is 4.90 Å². The molecule has 1 aromatic carbocycles. The maximum absolute atomic E-state index is 12.6. The second-order valence-corrected chi connectivity index (χ2v) is 6.08. The first-order valence-corrected chi connectivity index (χ1v) is 8.20. The van der Waals surface area contributed by atoms with Crippen LogP contribution in [0.3, 0.4) is 0 Å². The van der Waals surface area contributed by atoms with Crippen LogP contribution in [-0.4, -0.2) is 30.1 Å². The van der Waals surface area contributed by atoms with Gasteiger partial charge in [0.2, 0.25) is 0 Å². The van der Waals surface area contributed by atoms with E-state index in [1.165, 1.54) is 6.42 Å². The summed E-state index contributed by atoms with van der Waals surface area (Å²) in [5.41, 5.74) is 0.856. The third-order valence-corrected chi connectivity index (χ3v) is 4.42. The molecule has 0 amide bonds. The van der Waals surface area contributed by atoms with Crippen LogP contribution in [0.5, 0.6) is 0 Å². The second-order valence-electron chi connectivity index (χ2n) is 5.68. The smallest absolute Gasteiger partial charge is 0.328 e. The SMILES string of the molecule is CC[C@H](C)OC(=O)[C@@H](c1ccccc1Cl)N1CCCCC1. The topological polar surface area (TPSA) is 29.5 Å². The summed E-state index contributed by atoms with van der Waals surface area (Å²) in [7, 11) is 0. The summed E-state index contributed by atoms with van der Waals surface area (Å²) in [6, 6.07) is 7.20. The van der Waals surface area contributed by atoms with Crippen molar-refractivity contribution in [3.05, 3.63) is 34.9 Å². The number of benzene rings is 1. The minimum absolute atomic E-state index is 0.0627. The van der Waals surface area contributed by atoms with Crippen molar-refractivity contribution >= 4 is 17.6 Å². The second kappa shape index (κ2) is 7.81. The molecule has 1 fully saturated rings. The van der Waals surface area contributed by atoms with Crippen molar-refractivity contribution in [1.29, 1.82) is 0 Å². The summed E-state index contributed by atoms with van der Waals surface area (Å²) in [6.45, 7) is 5.79. The number of halogens is 1. The number of likely N-dealkylation sites (tertiary alicyclic amines) is 1. The highest BCUT2D eigenvalue weighted by Gasteiger charge is 2.32. The summed E-state index contributed by atoms with van der Waals surface area (Å²) in [5.74, 6) is -0.181. The van der Waals surface area contributed by atoms with E-state index < -0.39 is 0 Å². The first kappa shape index (κ1) is 16.3. The molecule has 1 saturated heterocycles. The molecule has 1 aliphatic heterocycles. The maximum atomic E-state index is 12.6. The van der Waals surface area contributed by atoms with Crippen molar-refractivity contribution in [3.8, 4) is 0 Å². The minimum Gasteiger partial charge on any atom is -0.461 e. The fourth-order valence-corrected chi connectivity index (χ4v) is 2.93. The predicted octanol–water partition coefficient (Wildman–Crippen LogP) is 4.21. The highest BCUT2D eigenvalue weighted by Crippen LogP contribution is 2.31. The lowest BCUT2D eigenvalue weighted by molar-refractivity contribution is -0.155. The highest BCUT2D eigenvalue weighted by molar-refractivity contribution is 6.31. The van der Waals surface area contributed by atoms with Crippen LogP contribution in [-0.2, 0) is 9.53 Å². The monoisotopic (exact) mass is 309 g/mol. The summed E-state index contributed by atoms with van der Waals surface area (Å²) in [4.78, 5) is 14.8. The third-order valence-electron chi connectivity index (χ3n) is 4.07. The van der Waals surface area contributed by atoms with Crippen molar-refractivity contribution in [2.24, 2.45) is 0 Å². The van der Waals surface area contributed by atoms with Gasteiger partial charge in [-0.1, -0.05) is 43.1 Å². The van der Waals surface area contributed by atoms with E-state index in [1.54, 1.807) is 0 Å². The standard InChI is InChI=1S/C17H24ClNO2/c1-3-13(2)21-17(20)16(19-11-7-4-8-12-19)14-9-5-6-10-15(14)18/h5-6,9-10,13,16H,3-4,7-8,11-12H2,1-2H3/t13-,16+/m0/s1. The lowest BCUT2D eigenvalue weighted by Gasteiger charge is -2.34. The van der Waals surface area contributed by atoms with Gasteiger partial charge in [0.15, 0.2) is 0 Å². The third kappa shape index (κ3) is 4.21. The molecule has 3 nitrogen and oxygen atoms in total. The molecule has 0 unspecified atom stereocenters. The van der Waals surface area contributed by atoms with E-state index in [0.717, 1.165) is 37.9 Å². The molecule has 2 rings (SSSR count). The number of nitrogens with zero attached hydrogens (tertiary/aromatic N) is 1. The molecule has 116 valence electrons. The average molecular weight is 310 g/mol. The Labute approximate surface area is 132 Å². The van der Waals surface area contributed by atoms with E-state index in [0.29, 0.717) is 5.02 Å². The number of carbonyl (C=O) groups is 1. The van der Waals surface area contributed by atoms with Gasteiger partial charge in [0.1, 0.15) is 6.04 Å². The number of esters is 1. The summed E-state index contributed by atoms with van der Waals surface area (Å²) < 4.78 is 5.59. The number of ether oxygens (including phenoxy) is 1. The van der Waals surface area contributed by atoms with Gasteiger partial charge in [-0.3, -0.25) is 4.90 Å². The van der Waals surface area contributed by atoms with E-state index >= 15 is 0 Å². The van der Waals surface area contributed by atoms with Gasteiger partial charge in [-0.25, -0.2) is 4.79 Å². The predicted molar refractivity (Wildman–Crippen MR) is 85.5 cm³/mol. The molecule has 4 heteroatoms. The Morgan fingerprint density at radius 1 is 1.29 bits per heavy atom. The molecule has 0 N–H and O–H groups in total. The first-order chi connectivity index (χ1) is 10.1. The summed E-state index contributed by atoms with van der Waals surface area (Å²) in [6.07, 6.45) is 4.23. The van der Waals surface area contributed by atoms with Gasteiger partial charge >= 0.3 is 5.97 Å². The Morgan fingerprint density at radius 3 is 2.57 bits per heavy atom. The van der Waals surface area contributed by atoms with Crippen molar-refractivity contribution < 1.29 is 9.53 Å². The molecule has 1 heterocycles. The van der Waals surface area contributed by atoms with Crippen molar-refractivity contribution in [2.45, 2.75) is 51.7 Å². The molecule has 21 heavy (non-hydrogen) atoms. The van der Waals surface area contributed by atoms with Gasteiger partial charge < -0.3 is 4.74 Å². The van der Waals surface area contributed by atoms with Crippen LogP contribution in [0.1, 0.15) is 51.1 Å². The summed E-state index contributed by atoms with van der Waals surface area (Å²) >= 11 is 6.32. The largest absolute Gasteiger partial charge is 0.461 e. The van der Waals surface area contributed by atoms with Crippen molar-refractivity contribution in [1.82, 2.24) is 4.90 Å². The molecule has 1 aliphatic rings. The van der Waals surface area contributed by atoms with E-state index in [4.69, 9.17) is 16.3 Å². The maximum Gasteiger partial charge on any atom is 0.328 e. The normalized spacial score (nSPS) is 19.0. The number of rotatable bonds is 5. The van der Waals surface area contributed by atoms with Crippen LogP contribution in [0.15, 0.2) is 24.3 Å².